The van der Waals surface area contributed by atoms with Gasteiger partial charge in [0.25, 0.3) is 5.56 Å². The van der Waals surface area contributed by atoms with Gasteiger partial charge in [-0.15, -0.1) is 0 Å². The SMILES string of the molecule is O=c1c2ccc(Br)cc2nc2n1CN1CCCC1CC2. The zero-order chi connectivity index (χ0) is 13.7. The van der Waals surface area contributed by atoms with Crippen molar-refractivity contribution in [3.05, 3.63) is 38.9 Å². The number of aryl methyl sites for hydroxylation is 1. The third kappa shape index (κ3) is 1.91. The van der Waals surface area contributed by atoms with Gasteiger partial charge >= 0.3 is 0 Å². The molecular formula is C15H16BrN3O. The normalized spacial score (nSPS) is 22.6. The minimum Gasteiger partial charge on any atom is -0.283 e. The van der Waals surface area contributed by atoms with E-state index in [1.165, 1.54) is 12.8 Å². The maximum absolute atomic E-state index is 12.7. The monoisotopic (exact) mass is 333 g/mol. The molecule has 4 rings (SSSR count). The van der Waals surface area contributed by atoms with Crippen molar-refractivity contribution in [1.82, 2.24) is 14.5 Å². The Hall–Kier alpha value is -1.20. The van der Waals surface area contributed by atoms with Crippen molar-refractivity contribution in [2.75, 3.05) is 6.54 Å². The fourth-order valence-corrected chi connectivity index (χ4v) is 3.81. The summed E-state index contributed by atoms with van der Waals surface area (Å²) in [4.78, 5) is 19.9. The summed E-state index contributed by atoms with van der Waals surface area (Å²) in [6.07, 6.45) is 4.53. The lowest BCUT2D eigenvalue weighted by molar-refractivity contribution is 0.203. The van der Waals surface area contributed by atoms with E-state index >= 15 is 0 Å². The molecule has 1 aromatic carbocycles. The molecule has 2 aliphatic rings. The molecule has 0 amide bonds. The number of halogens is 1. The van der Waals surface area contributed by atoms with Gasteiger partial charge in [-0.2, -0.15) is 0 Å². The van der Waals surface area contributed by atoms with Gasteiger partial charge in [-0.25, -0.2) is 4.98 Å². The van der Waals surface area contributed by atoms with Crippen LogP contribution in [0.15, 0.2) is 27.5 Å². The Morgan fingerprint density at radius 3 is 3.10 bits per heavy atom. The molecule has 104 valence electrons. The van der Waals surface area contributed by atoms with Gasteiger partial charge in [-0.05, 0) is 37.5 Å². The Labute approximate surface area is 125 Å². The molecule has 1 aromatic heterocycles. The Bertz CT molecular complexity index is 740. The lowest BCUT2D eigenvalue weighted by atomic mass is 10.1. The summed E-state index contributed by atoms with van der Waals surface area (Å²) in [5, 5.41) is 0.717. The summed E-state index contributed by atoms with van der Waals surface area (Å²) in [6, 6.07) is 6.34. The minimum atomic E-state index is 0.102. The molecule has 3 heterocycles. The highest BCUT2D eigenvalue weighted by molar-refractivity contribution is 9.10. The van der Waals surface area contributed by atoms with Crippen LogP contribution in [0.25, 0.3) is 10.9 Å². The summed E-state index contributed by atoms with van der Waals surface area (Å²) in [6.45, 7) is 1.81. The summed E-state index contributed by atoms with van der Waals surface area (Å²) in [5.41, 5.74) is 0.905. The van der Waals surface area contributed by atoms with Crippen molar-refractivity contribution in [2.24, 2.45) is 0 Å². The van der Waals surface area contributed by atoms with Gasteiger partial charge < -0.3 is 0 Å². The number of benzene rings is 1. The van der Waals surface area contributed by atoms with Gasteiger partial charge in [0.15, 0.2) is 0 Å². The molecule has 0 spiro atoms. The topological polar surface area (TPSA) is 38.1 Å². The minimum absolute atomic E-state index is 0.102. The maximum atomic E-state index is 12.7. The molecular weight excluding hydrogens is 318 g/mol. The highest BCUT2D eigenvalue weighted by Crippen LogP contribution is 2.25. The average molecular weight is 334 g/mol. The molecule has 20 heavy (non-hydrogen) atoms. The number of aromatic nitrogens is 2. The molecule has 0 radical (unpaired) electrons. The van der Waals surface area contributed by atoms with Gasteiger partial charge in [0.05, 0.1) is 17.6 Å². The lowest BCUT2D eigenvalue weighted by Crippen LogP contribution is -2.34. The van der Waals surface area contributed by atoms with Gasteiger partial charge in [0.2, 0.25) is 0 Å². The van der Waals surface area contributed by atoms with Crippen LogP contribution in [0.5, 0.6) is 0 Å². The second-order valence-corrected chi connectivity index (χ2v) is 6.63. The van der Waals surface area contributed by atoms with E-state index in [9.17, 15) is 4.79 Å². The fraction of sp³-hybridized carbons (Fsp3) is 0.467. The molecule has 4 nitrogen and oxygen atoms in total. The third-order valence-corrected chi connectivity index (χ3v) is 5.01. The number of nitrogens with zero attached hydrogens (tertiary/aromatic N) is 3. The van der Waals surface area contributed by atoms with E-state index in [1.54, 1.807) is 0 Å². The highest BCUT2D eigenvalue weighted by Gasteiger charge is 2.28. The van der Waals surface area contributed by atoms with E-state index in [0.717, 1.165) is 40.6 Å². The standard InChI is InChI=1S/C15H16BrN3O/c16-10-3-5-12-13(8-10)17-14-6-4-11-2-1-7-18(11)9-19(14)15(12)20/h3,5,8,11H,1-2,4,6-7,9H2. The smallest absolute Gasteiger partial charge is 0.262 e. The number of hydrogen-bond acceptors (Lipinski definition) is 3. The van der Waals surface area contributed by atoms with Crippen LogP contribution in [0.3, 0.4) is 0 Å². The molecule has 0 saturated carbocycles. The van der Waals surface area contributed by atoms with E-state index in [2.05, 4.69) is 20.8 Å². The molecule has 1 atom stereocenters. The molecule has 2 aromatic rings. The zero-order valence-corrected chi connectivity index (χ0v) is 12.8. The number of hydrogen-bond donors (Lipinski definition) is 0. The molecule has 1 saturated heterocycles. The van der Waals surface area contributed by atoms with Crippen LogP contribution in [0.4, 0.5) is 0 Å². The third-order valence-electron chi connectivity index (χ3n) is 4.52. The van der Waals surface area contributed by atoms with Crippen LogP contribution in [0, 0.1) is 0 Å². The first-order valence-electron chi connectivity index (χ1n) is 7.15. The Morgan fingerprint density at radius 1 is 1.30 bits per heavy atom. The van der Waals surface area contributed by atoms with Crippen molar-refractivity contribution >= 4 is 26.8 Å². The Morgan fingerprint density at radius 2 is 2.20 bits per heavy atom. The predicted molar refractivity (Wildman–Crippen MR) is 81.8 cm³/mol. The van der Waals surface area contributed by atoms with Crippen molar-refractivity contribution in [3.8, 4) is 0 Å². The second kappa shape index (κ2) is 4.67. The van der Waals surface area contributed by atoms with E-state index in [0.29, 0.717) is 12.7 Å². The largest absolute Gasteiger partial charge is 0.283 e. The van der Waals surface area contributed by atoms with Crippen molar-refractivity contribution in [2.45, 2.75) is 38.4 Å². The van der Waals surface area contributed by atoms with Crippen LogP contribution in [0.2, 0.25) is 0 Å². The average Bonchev–Trinajstić information content (AvgIpc) is 2.80. The molecule has 0 N–H and O–H groups in total. The highest BCUT2D eigenvalue weighted by atomic mass is 79.9. The van der Waals surface area contributed by atoms with Crippen molar-refractivity contribution < 1.29 is 0 Å². The van der Waals surface area contributed by atoms with Crippen molar-refractivity contribution in [3.63, 3.8) is 0 Å². The molecule has 5 heteroatoms. The van der Waals surface area contributed by atoms with Crippen LogP contribution in [-0.4, -0.2) is 27.0 Å². The first kappa shape index (κ1) is 12.5. The first-order valence-corrected chi connectivity index (χ1v) is 7.95. The molecule has 0 bridgehead atoms. The van der Waals surface area contributed by atoms with Gasteiger partial charge in [-0.1, -0.05) is 15.9 Å². The summed E-state index contributed by atoms with van der Waals surface area (Å²) in [7, 11) is 0. The van der Waals surface area contributed by atoms with E-state index in [-0.39, 0.29) is 5.56 Å². The molecule has 1 unspecified atom stereocenters. The van der Waals surface area contributed by atoms with Gasteiger partial charge in [-0.3, -0.25) is 14.3 Å². The van der Waals surface area contributed by atoms with Gasteiger partial charge in [0.1, 0.15) is 5.82 Å². The van der Waals surface area contributed by atoms with Crippen LogP contribution >= 0.6 is 15.9 Å². The molecule has 1 fully saturated rings. The van der Waals surface area contributed by atoms with E-state index < -0.39 is 0 Å². The maximum Gasteiger partial charge on any atom is 0.262 e. The van der Waals surface area contributed by atoms with E-state index in [1.807, 2.05) is 22.8 Å². The van der Waals surface area contributed by atoms with Crippen molar-refractivity contribution in [1.29, 1.82) is 0 Å². The molecule has 0 aliphatic carbocycles. The van der Waals surface area contributed by atoms with Crippen LogP contribution in [-0.2, 0) is 13.1 Å². The second-order valence-electron chi connectivity index (χ2n) is 5.71. The molecule has 2 aliphatic heterocycles. The van der Waals surface area contributed by atoms with Gasteiger partial charge in [0, 0.05) is 23.5 Å². The first-order chi connectivity index (χ1) is 9.72. The fourth-order valence-electron chi connectivity index (χ4n) is 3.46. The predicted octanol–water partition coefficient (Wildman–Crippen LogP) is 2.53. The zero-order valence-electron chi connectivity index (χ0n) is 11.2. The van der Waals surface area contributed by atoms with Crippen LogP contribution in [0.1, 0.15) is 25.1 Å². The quantitative estimate of drug-likeness (QED) is 0.743. The summed E-state index contributed by atoms with van der Waals surface area (Å²) < 4.78 is 2.85. The van der Waals surface area contributed by atoms with E-state index in [4.69, 9.17) is 4.98 Å². The van der Waals surface area contributed by atoms with Crippen LogP contribution < -0.4 is 5.56 Å². The summed E-state index contributed by atoms with van der Waals surface area (Å²) in [5.74, 6) is 0.940. The number of fused-ring (bicyclic) bond motifs is 3. The Balaban J connectivity index is 1.91. The number of rotatable bonds is 0. The summed E-state index contributed by atoms with van der Waals surface area (Å²) >= 11 is 3.45. The lowest BCUT2D eigenvalue weighted by Gasteiger charge is -2.21. The Kier molecular flexibility index (Phi) is 2.93.